The Bertz CT molecular complexity index is 660. The molecule has 0 fully saturated rings. The molecule has 9 heteroatoms. The van der Waals surface area contributed by atoms with E-state index in [1.807, 2.05) is 26.8 Å². The molecule has 37 heavy (non-hydrogen) atoms. The second-order valence-corrected chi connectivity index (χ2v) is 8.45. The van der Waals surface area contributed by atoms with E-state index in [1.165, 1.54) is 13.8 Å². The minimum absolute atomic E-state index is 0.0625. The molecule has 0 aliphatic rings. The molecule has 1 unspecified atom stereocenters. The lowest BCUT2D eigenvalue weighted by molar-refractivity contribution is -0.117. The van der Waals surface area contributed by atoms with E-state index in [-0.39, 0.29) is 29.2 Å². The average Bonchev–Trinajstić information content (AvgIpc) is 2.67. The Morgan fingerprint density at radius 1 is 0.649 bits per heavy atom. The number of carbonyl (C=O) groups is 4. The molecule has 0 spiro atoms. The quantitative estimate of drug-likeness (QED) is 0.218. The molecule has 1 atom stereocenters. The molecule has 0 radical (unpaired) electrons. The van der Waals surface area contributed by atoms with Gasteiger partial charge in [-0.15, -0.1) is 0 Å². The summed E-state index contributed by atoms with van der Waals surface area (Å²) in [6, 6.07) is 0. The molecule has 5 N–H and O–H groups in total. The van der Waals surface area contributed by atoms with Gasteiger partial charge in [-0.1, -0.05) is 19.9 Å². The zero-order valence-corrected chi connectivity index (χ0v) is 25.3. The first-order valence-electron chi connectivity index (χ1n) is 12.1. The van der Waals surface area contributed by atoms with Gasteiger partial charge in [0.05, 0.1) is 6.10 Å². The fourth-order valence-corrected chi connectivity index (χ4v) is 1.44. The number of Topliss-reactive ketones (excluding diaryl/α,β-unsaturated/α-hetero) is 4. The molecule has 0 rings (SSSR count). The van der Waals surface area contributed by atoms with Crippen LogP contribution in [0.3, 0.4) is 0 Å². The van der Waals surface area contributed by atoms with E-state index in [0.29, 0.717) is 55.0 Å². The summed E-state index contributed by atoms with van der Waals surface area (Å²) in [6.45, 7) is 20.1. The molecule has 9 nitrogen and oxygen atoms in total. The number of hydrogen-bond acceptors (Lipinski definition) is 9. The summed E-state index contributed by atoms with van der Waals surface area (Å²) in [4.78, 5) is 39.9. The minimum atomic E-state index is -0.350. The van der Waals surface area contributed by atoms with Crippen LogP contribution in [0.15, 0.2) is 12.2 Å². The molecule has 0 amide bonds. The Kier molecular flexibility index (Phi) is 45.0. The molecule has 0 saturated heterocycles. The maximum atomic E-state index is 10.1. The second-order valence-electron chi connectivity index (χ2n) is 8.45. The highest BCUT2D eigenvalue weighted by Gasteiger charge is 1.93. The fourth-order valence-electron chi connectivity index (χ4n) is 1.44. The van der Waals surface area contributed by atoms with E-state index >= 15 is 0 Å². The van der Waals surface area contributed by atoms with Crippen LogP contribution in [-0.2, 0) is 19.2 Å². The third-order valence-corrected chi connectivity index (χ3v) is 3.04. The van der Waals surface area contributed by atoms with E-state index in [1.54, 1.807) is 54.5 Å². The summed E-state index contributed by atoms with van der Waals surface area (Å²) in [5.74, 6) is 0.634. The molecule has 0 aromatic heterocycles. The van der Waals surface area contributed by atoms with Crippen molar-refractivity contribution in [2.24, 2.45) is 0 Å². The summed E-state index contributed by atoms with van der Waals surface area (Å²) in [5.41, 5.74) is 2.02. The van der Waals surface area contributed by atoms with Crippen molar-refractivity contribution >= 4 is 46.0 Å². The lowest BCUT2D eigenvalue weighted by atomic mass is 10.2. The van der Waals surface area contributed by atoms with Gasteiger partial charge in [-0.25, -0.2) is 0 Å². The standard InChI is InChI=1S/C5H11NO.2C5H9NO.C5H9N.2C4H8O/c3*1-4(6)3-5(2)7;1-3-4-5(2)6;2*1-3-4(2)5/h5-7H,3H2,1-2H3;2*6H,3H2,1-2H3;3-4,6H,1-2H3;2*3H2,1-2H3/b;;;4-3+,6-5?;;. The zero-order chi connectivity index (χ0) is 31.1. The lowest BCUT2D eigenvalue weighted by Gasteiger charge is -1.97. The summed E-state index contributed by atoms with van der Waals surface area (Å²) >= 11 is 0. The number of aliphatic hydroxyl groups excluding tert-OH is 1. The maximum absolute atomic E-state index is 10.1. The molecule has 216 valence electrons. The Labute approximate surface area is 225 Å². The smallest absolute Gasteiger partial charge is 0.135 e. The largest absolute Gasteiger partial charge is 0.393 e. The maximum Gasteiger partial charge on any atom is 0.135 e. The molecule has 0 aromatic rings. The van der Waals surface area contributed by atoms with Crippen molar-refractivity contribution in [2.75, 3.05) is 0 Å². The highest BCUT2D eigenvalue weighted by atomic mass is 16.3. The van der Waals surface area contributed by atoms with Crippen LogP contribution >= 0.6 is 0 Å². The van der Waals surface area contributed by atoms with Crippen molar-refractivity contribution in [1.82, 2.24) is 0 Å². The minimum Gasteiger partial charge on any atom is -0.393 e. The van der Waals surface area contributed by atoms with E-state index in [0.717, 1.165) is 0 Å². The van der Waals surface area contributed by atoms with E-state index in [2.05, 4.69) is 0 Å². The Balaban J connectivity index is -0.0000000784. The van der Waals surface area contributed by atoms with E-state index < -0.39 is 0 Å². The first kappa shape index (κ1) is 47.3. The number of hydrogen-bond donors (Lipinski definition) is 5. The van der Waals surface area contributed by atoms with Crippen molar-refractivity contribution in [3.05, 3.63) is 12.2 Å². The van der Waals surface area contributed by atoms with Crippen molar-refractivity contribution in [1.29, 1.82) is 21.6 Å². The van der Waals surface area contributed by atoms with Gasteiger partial charge in [-0.3, -0.25) is 9.59 Å². The Hall–Kier alpha value is -2.94. The topological polar surface area (TPSA) is 184 Å². The predicted molar refractivity (Wildman–Crippen MR) is 157 cm³/mol. The lowest BCUT2D eigenvalue weighted by Crippen LogP contribution is -2.04. The molecule has 0 bridgehead atoms. The Morgan fingerprint density at radius 3 is 0.919 bits per heavy atom. The van der Waals surface area contributed by atoms with Gasteiger partial charge in [-0.2, -0.15) is 0 Å². The summed E-state index contributed by atoms with van der Waals surface area (Å²) in [6.07, 6.45) is 5.69. The van der Waals surface area contributed by atoms with Crippen molar-refractivity contribution in [2.45, 2.75) is 121 Å². The summed E-state index contributed by atoms with van der Waals surface area (Å²) < 4.78 is 0. The fraction of sp³-hybridized carbons (Fsp3) is 0.643. The molecule has 0 saturated carbocycles. The highest BCUT2D eigenvalue weighted by molar-refractivity contribution is 5.98. The number of carbonyl (C=O) groups excluding carboxylic acids is 4. The zero-order valence-electron chi connectivity index (χ0n) is 25.3. The van der Waals surface area contributed by atoms with Crippen LogP contribution in [0, 0.1) is 21.6 Å². The number of nitrogens with one attached hydrogen (secondary N) is 4. The highest BCUT2D eigenvalue weighted by Crippen LogP contribution is 1.88. The third kappa shape index (κ3) is 124. The molecular formula is C28H54N4O5. The number of rotatable bonds is 9. The van der Waals surface area contributed by atoms with Crippen molar-refractivity contribution in [3.63, 3.8) is 0 Å². The van der Waals surface area contributed by atoms with Gasteiger partial charge < -0.3 is 36.3 Å². The van der Waals surface area contributed by atoms with Crippen molar-refractivity contribution in [3.8, 4) is 0 Å². The van der Waals surface area contributed by atoms with Crippen LogP contribution in [0.5, 0.6) is 0 Å². The predicted octanol–water partition coefficient (Wildman–Crippen LogP) is 6.38. The SMILES string of the molecule is C/C=C/C(C)=N.CC(=N)CC(C)=O.CC(=N)CC(C)=O.CC(=N)CC(C)O.CCC(C)=O.CCC(C)=O. The second kappa shape index (κ2) is 35.2. The van der Waals surface area contributed by atoms with Gasteiger partial charge in [0.2, 0.25) is 0 Å². The van der Waals surface area contributed by atoms with Crippen LogP contribution in [-0.4, -0.2) is 57.2 Å². The van der Waals surface area contributed by atoms with Crippen LogP contribution in [0.2, 0.25) is 0 Å². The molecular weight excluding hydrogens is 472 g/mol. The summed E-state index contributed by atoms with van der Waals surface area (Å²) in [7, 11) is 0. The van der Waals surface area contributed by atoms with E-state index in [9.17, 15) is 19.2 Å². The van der Waals surface area contributed by atoms with Gasteiger partial charge in [-0.05, 0) is 75.3 Å². The van der Waals surface area contributed by atoms with Crippen LogP contribution in [0.1, 0.15) is 115 Å². The third-order valence-electron chi connectivity index (χ3n) is 3.04. The van der Waals surface area contributed by atoms with Crippen LogP contribution in [0.25, 0.3) is 0 Å². The Morgan fingerprint density at radius 2 is 0.919 bits per heavy atom. The summed E-state index contributed by atoms with van der Waals surface area (Å²) in [5, 5.41) is 35.9. The molecule has 0 aliphatic carbocycles. The van der Waals surface area contributed by atoms with Crippen molar-refractivity contribution < 1.29 is 24.3 Å². The molecule has 0 aromatic carbocycles. The van der Waals surface area contributed by atoms with Gasteiger partial charge in [0.25, 0.3) is 0 Å². The van der Waals surface area contributed by atoms with E-state index in [4.69, 9.17) is 26.7 Å². The normalized spacial score (nSPS) is 9.32. The van der Waals surface area contributed by atoms with Gasteiger partial charge >= 0.3 is 0 Å². The van der Waals surface area contributed by atoms with Gasteiger partial charge in [0.15, 0.2) is 0 Å². The van der Waals surface area contributed by atoms with Gasteiger partial charge in [0.1, 0.15) is 23.1 Å². The van der Waals surface area contributed by atoms with Gasteiger partial charge in [0, 0.05) is 55.0 Å². The first-order valence-corrected chi connectivity index (χ1v) is 12.1. The molecule has 0 aliphatic heterocycles. The molecule has 0 heterocycles. The number of ketones is 4. The van der Waals surface area contributed by atoms with Crippen LogP contribution in [0.4, 0.5) is 0 Å². The first-order chi connectivity index (χ1) is 16.7. The average molecular weight is 527 g/mol. The van der Waals surface area contributed by atoms with Crippen LogP contribution < -0.4 is 0 Å². The number of allylic oxidation sites excluding steroid dienone is 2. The number of aliphatic hydroxyl groups is 1. The monoisotopic (exact) mass is 526 g/mol.